The van der Waals surface area contributed by atoms with Crippen molar-refractivity contribution in [2.75, 3.05) is 6.54 Å². The van der Waals surface area contributed by atoms with E-state index in [4.69, 9.17) is 0 Å². The molecule has 1 amide bonds. The number of fused-ring (bicyclic) bond motifs is 1. The molecule has 2 aliphatic heterocycles. The second-order valence-corrected chi connectivity index (χ2v) is 4.17. The van der Waals surface area contributed by atoms with Gasteiger partial charge < -0.3 is 4.90 Å². The molecule has 0 aromatic carbocycles. The highest BCUT2D eigenvalue weighted by Gasteiger charge is 2.34. The van der Waals surface area contributed by atoms with Crippen LogP contribution < -0.4 is 0 Å². The second kappa shape index (κ2) is 3.08. The van der Waals surface area contributed by atoms with Gasteiger partial charge in [0.05, 0.1) is 0 Å². The Kier molecular flexibility index (Phi) is 2.07. The number of nitrogens with zero attached hydrogens (tertiary/aromatic N) is 1. The predicted octanol–water partition coefficient (Wildman–Crippen LogP) is 1.80. The van der Waals surface area contributed by atoms with Crippen LogP contribution in [0.5, 0.6) is 0 Å². The molecule has 0 N–H and O–H groups in total. The van der Waals surface area contributed by atoms with Gasteiger partial charge in [0.25, 0.3) is 0 Å². The van der Waals surface area contributed by atoms with Crippen LogP contribution in [-0.2, 0) is 4.79 Å². The third-order valence-corrected chi connectivity index (χ3v) is 3.34. The van der Waals surface area contributed by atoms with Gasteiger partial charge in [0.1, 0.15) is 0 Å². The molecule has 2 fully saturated rings. The zero-order chi connectivity index (χ0) is 8.55. The van der Waals surface area contributed by atoms with Crippen LogP contribution in [0.3, 0.4) is 0 Å². The van der Waals surface area contributed by atoms with Crippen molar-refractivity contribution in [1.29, 1.82) is 0 Å². The van der Waals surface area contributed by atoms with Gasteiger partial charge in [-0.3, -0.25) is 4.79 Å². The highest BCUT2D eigenvalue weighted by Crippen LogP contribution is 2.30. The molecule has 0 radical (unpaired) electrons. The van der Waals surface area contributed by atoms with Crippen LogP contribution in [0.4, 0.5) is 0 Å². The molecule has 12 heavy (non-hydrogen) atoms. The number of piperidine rings is 2. The highest BCUT2D eigenvalue weighted by molar-refractivity contribution is 5.77. The minimum absolute atomic E-state index is 0.401. The Bertz CT molecular complexity index is 190. The summed E-state index contributed by atoms with van der Waals surface area (Å²) in [5.74, 6) is 1.14. The maximum absolute atomic E-state index is 11.5. The van der Waals surface area contributed by atoms with E-state index in [-0.39, 0.29) is 0 Å². The summed E-state index contributed by atoms with van der Waals surface area (Å²) in [6.07, 6.45) is 5.68. The van der Waals surface area contributed by atoms with Crippen LogP contribution >= 0.6 is 0 Å². The SMILES string of the molecule is CC1CCC(=O)N2CCCCC12. The molecular formula is C10H17NO. The quantitative estimate of drug-likeness (QED) is 0.538. The summed E-state index contributed by atoms with van der Waals surface area (Å²) in [6, 6.07) is 0.583. The molecule has 2 atom stereocenters. The molecule has 0 aliphatic carbocycles. The van der Waals surface area contributed by atoms with Crippen molar-refractivity contribution >= 4 is 5.91 Å². The van der Waals surface area contributed by atoms with Crippen LogP contribution in [0.15, 0.2) is 0 Å². The lowest BCUT2D eigenvalue weighted by molar-refractivity contribution is -0.140. The fourth-order valence-electron chi connectivity index (χ4n) is 2.55. The van der Waals surface area contributed by atoms with E-state index in [0.29, 0.717) is 11.9 Å². The van der Waals surface area contributed by atoms with E-state index in [1.54, 1.807) is 0 Å². The Hall–Kier alpha value is -0.530. The molecule has 2 saturated heterocycles. The first-order chi connectivity index (χ1) is 5.79. The third kappa shape index (κ3) is 1.23. The van der Waals surface area contributed by atoms with Crippen molar-refractivity contribution in [2.45, 2.75) is 45.1 Å². The maximum atomic E-state index is 11.5. The summed E-state index contributed by atoms with van der Waals surface area (Å²) in [5.41, 5.74) is 0. The molecule has 2 aliphatic rings. The van der Waals surface area contributed by atoms with Gasteiger partial charge in [0.15, 0.2) is 0 Å². The fraction of sp³-hybridized carbons (Fsp3) is 0.900. The van der Waals surface area contributed by atoms with Crippen molar-refractivity contribution in [3.05, 3.63) is 0 Å². The van der Waals surface area contributed by atoms with Gasteiger partial charge in [-0.05, 0) is 31.6 Å². The maximum Gasteiger partial charge on any atom is 0.222 e. The molecule has 2 heterocycles. The van der Waals surface area contributed by atoms with Crippen molar-refractivity contribution in [3.63, 3.8) is 0 Å². The van der Waals surface area contributed by atoms with E-state index in [9.17, 15) is 4.79 Å². The molecular weight excluding hydrogens is 150 g/mol. The standard InChI is InChI=1S/C10H17NO/c1-8-5-6-10(12)11-7-3-2-4-9(8)11/h8-9H,2-7H2,1H3. The second-order valence-electron chi connectivity index (χ2n) is 4.17. The normalized spacial score (nSPS) is 36.4. The Labute approximate surface area is 73.9 Å². The summed E-state index contributed by atoms with van der Waals surface area (Å²) in [5, 5.41) is 0. The smallest absolute Gasteiger partial charge is 0.222 e. The van der Waals surface area contributed by atoms with E-state index in [1.165, 1.54) is 19.3 Å². The van der Waals surface area contributed by atoms with Crippen molar-refractivity contribution in [1.82, 2.24) is 4.90 Å². The number of hydrogen-bond donors (Lipinski definition) is 0. The van der Waals surface area contributed by atoms with Crippen molar-refractivity contribution in [2.24, 2.45) is 5.92 Å². The Morgan fingerprint density at radius 3 is 2.92 bits per heavy atom. The molecule has 68 valence electrons. The Morgan fingerprint density at radius 2 is 2.17 bits per heavy atom. The number of rotatable bonds is 0. The van der Waals surface area contributed by atoms with Gasteiger partial charge in [-0.1, -0.05) is 6.92 Å². The first-order valence-electron chi connectivity index (χ1n) is 5.08. The van der Waals surface area contributed by atoms with Crippen molar-refractivity contribution < 1.29 is 4.79 Å². The van der Waals surface area contributed by atoms with Crippen LogP contribution in [0.25, 0.3) is 0 Å². The molecule has 0 spiro atoms. The molecule has 0 bridgehead atoms. The first-order valence-corrected chi connectivity index (χ1v) is 5.08. The zero-order valence-corrected chi connectivity index (χ0v) is 7.75. The van der Waals surface area contributed by atoms with E-state index in [0.717, 1.165) is 25.3 Å². The van der Waals surface area contributed by atoms with Crippen molar-refractivity contribution in [3.8, 4) is 0 Å². The monoisotopic (exact) mass is 167 g/mol. The largest absolute Gasteiger partial charge is 0.339 e. The lowest BCUT2D eigenvalue weighted by atomic mass is 9.85. The Morgan fingerprint density at radius 1 is 1.33 bits per heavy atom. The summed E-state index contributed by atoms with van der Waals surface area (Å²) >= 11 is 0. The summed E-state index contributed by atoms with van der Waals surface area (Å²) in [6.45, 7) is 3.31. The van der Waals surface area contributed by atoms with Gasteiger partial charge in [0, 0.05) is 19.0 Å². The van der Waals surface area contributed by atoms with Crippen LogP contribution in [-0.4, -0.2) is 23.4 Å². The van der Waals surface area contributed by atoms with E-state index >= 15 is 0 Å². The molecule has 2 heteroatoms. The van der Waals surface area contributed by atoms with Gasteiger partial charge in [-0.2, -0.15) is 0 Å². The van der Waals surface area contributed by atoms with Gasteiger partial charge >= 0.3 is 0 Å². The molecule has 0 aromatic heterocycles. The lowest BCUT2D eigenvalue weighted by Gasteiger charge is -2.43. The average Bonchev–Trinajstić information content (AvgIpc) is 2.12. The summed E-state index contributed by atoms with van der Waals surface area (Å²) in [7, 11) is 0. The van der Waals surface area contributed by atoms with Crippen LogP contribution in [0.2, 0.25) is 0 Å². The molecule has 0 saturated carbocycles. The minimum Gasteiger partial charge on any atom is -0.339 e. The molecule has 2 nitrogen and oxygen atoms in total. The first kappa shape index (κ1) is 8.09. The molecule has 0 aromatic rings. The van der Waals surface area contributed by atoms with Gasteiger partial charge in [-0.25, -0.2) is 0 Å². The fourth-order valence-corrected chi connectivity index (χ4v) is 2.55. The topological polar surface area (TPSA) is 20.3 Å². The average molecular weight is 167 g/mol. The predicted molar refractivity (Wildman–Crippen MR) is 47.8 cm³/mol. The van der Waals surface area contributed by atoms with E-state index in [2.05, 4.69) is 11.8 Å². The number of amides is 1. The third-order valence-electron chi connectivity index (χ3n) is 3.34. The van der Waals surface area contributed by atoms with Crippen LogP contribution in [0.1, 0.15) is 39.0 Å². The molecule has 2 rings (SSSR count). The highest BCUT2D eigenvalue weighted by atomic mass is 16.2. The van der Waals surface area contributed by atoms with Gasteiger partial charge in [0.2, 0.25) is 5.91 Å². The minimum atomic E-state index is 0.401. The number of carbonyl (C=O) groups is 1. The summed E-state index contributed by atoms with van der Waals surface area (Å²) in [4.78, 5) is 13.6. The van der Waals surface area contributed by atoms with E-state index in [1.807, 2.05) is 0 Å². The summed E-state index contributed by atoms with van der Waals surface area (Å²) < 4.78 is 0. The zero-order valence-electron chi connectivity index (χ0n) is 7.75. The van der Waals surface area contributed by atoms with Crippen LogP contribution in [0, 0.1) is 5.92 Å². The lowest BCUT2D eigenvalue weighted by Crippen LogP contribution is -2.50. The van der Waals surface area contributed by atoms with E-state index < -0.39 is 0 Å². The van der Waals surface area contributed by atoms with Gasteiger partial charge in [-0.15, -0.1) is 0 Å². The molecule has 2 unspecified atom stereocenters. The number of carbonyl (C=O) groups excluding carboxylic acids is 1. The number of hydrogen-bond acceptors (Lipinski definition) is 1. The Balaban J connectivity index is 2.11.